The predicted octanol–water partition coefficient (Wildman–Crippen LogP) is 5.98. The van der Waals surface area contributed by atoms with Crippen LogP contribution in [0, 0.1) is 20.8 Å². The molecule has 1 aromatic rings. The highest BCUT2D eigenvalue weighted by Crippen LogP contribution is 2.34. The molecule has 0 unspecified atom stereocenters. The van der Waals surface area contributed by atoms with Gasteiger partial charge in [-0.1, -0.05) is 68.2 Å². The number of aliphatic carboxylic acids is 1. The number of carbonyl (C=O) groups is 1. The number of nitrogens with zero attached hydrogens (tertiary/aromatic N) is 1. The number of benzene rings is 1. The molecule has 1 N–H and O–H groups in total. The van der Waals surface area contributed by atoms with Crippen molar-refractivity contribution in [3.05, 3.63) is 95.2 Å². The number of sulfonamides is 1. The van der Waals surface area contributed by atoms with Crippen molar-refractivity contribution < 1.29 is 23.1 Å². The second kappa shape index (κ2) is 13.2. The summed E-state index contributed by atoms with van der Waals surface area (Å²) in [5, 5.41) is 10.3. The third-order valence-electron chi connectivity index (χ3n) is 6.14. The maximum Gasteiger partial charge on any atom is 0.322 e. The Morgan fingerprint density at radius 1 is 1.25 bits per heavy atom. The number of hydrogen-bond donors (Lipinski definition) is 1. The van der Waals surface area contributed by atoms with Gasteiger partial charge < -0.3 is 9.84 Å². The highest BCUT2D eigenvalue weighted by Gasteiger charge is 2.38. The van der Waals surface area contributed by atoms with Crippen molar-refractivity contribution >= 4 is 16.0 Å². The fourth-order valence-corrected chi connectivity index (χ4v) is 6.24. The van der Waals surface area contributed by atoms with Gasteiger partial charge in [-0.2, -0.15) is 4.31 Å². The van der Waals surface area contributed by atoms with Crippen LogP contribution in [0.15, 0.2) is 83.4 Å². The molecule has 6 nitrogen and oxygen atoms in total. The van der Waals surface area contributed by atoms with Gasteiger partial charge in [0, 0.05) is 6.54 Å². The number of carboxylic acids is 1. The third-order valence-corrected chi connectivity index (χ3v) is 8.28. The van der Waals surface area contributed by atoms with E-state index >= 15 is 0 Å². The van der Waals surface area contributed by atoms with E-state index < -0.39 is 22.0 Å². The maximum atomic E-state index is 14.3. The van der Waals surface area contributed by atoms with Crippen molar-refractivity contribution in [1.82, 2.24) is 4.31 Å². The first-order chi connectivity index (χ1) is 17.1. The lowest BCUT2D eigenvalue weighted by atomic mass is 10.0. The molecule has 1 aromatic carbocycles. The number of ether oxygens (including phenoxy) is 1. The molecule has 0 heterocycles. The minimum absolute atomic E-state index is 0.0405. The van der Waals surface area contributed by atoms with Gasteiger partial charge in [0.15, 0.2) is 0 Å². The molecule has 0 radical (unpaired) electrons. The molecule has 1 atom stereocenters. The van der Waals surface area contributed by atoms with Crippen molar-refractivity contribution in [2.75, 3.05) is 13.7 Å². The molecule has 0 amide bonds. The smallest absolute Gasteiger partial charge is 0.322 e. The monoisotopic (exact) mass is 511 g/mol. The van der Waals surface area contributed by atoms with Crippen LogP contribution in [0.4, 0.5) is 0 Å². The normalized spacial score (nSPS) is 15.2. The topological polar surface area (TPSA) is 83.9 Å². The third kappa shape index (κ3) is 6.95. The van der Waals surface area contributed by atoms with Crippen LogP contribution in [0.5, 0.6) is 5.75 Å². The Bertz CT molecular complexity index is 1230. The number of carboxylic acid groups (broad SMARTS) is 1. The molecule has 194 valence electrons. The minimum atomic E-state index is -4.23. The first-order valence-corrected chi connectivity index (χ1v) is 13.4. The van der Waals surface area contributed by atoms with E-state index in [0.29, 0.717) is 34.4 Å². The van der Waals surface area contributed by atoms with Gasteiger partial charge in [0.25, 0.3) is 0 Å². The average Bonchev–Trinajstić information content (AvgIpc) is 3.10. The Labute approximate surface area is 215 Å². The molecule has 0 bridgehead atoms. The van der Waals surface area contributed by atoms with Crippen LogP contribution in [0.25, 0.3) is 0 Å². The summed E-state index contributed by atoms with van der Waals surface area (Å²) in [4.78, 5) is 12.7. The first kappa shape index (κ1) is 29.1. The number of aryl methyl sites for hydroxylation is 1. The van der Waals surface area contributed by atoms with Gasteiger partial charge >= 0.3 is 5.97 Å². The summed E-state index contributed by atoms with van der Waals surface area (Å²) in [6.45, 7) is 10.8. The maximum absolute atomic E-state index is 14.3. The molecule has 0 saturated carbocycles. The van der Waals surface area contributed by atoms with E-state index in [4.69, 9.17) is 4.74 Å². The van der Waals surface area contributed by atoms with Crippen molar-refractivity contribution in [3.8, 4) is 5.75 Å². The summed E-state index contributed by atoms with van der Waals surface area (Å²) >= 11 is 0. The summed E-state index contributed by atoms with van der Waals surface area (Å²) in [6, 6.07) is 0.372. The molecule has 1 aliphatic carbocycles. The zero-order valence-electron chi connectivity index (χ0n) is 21.8. The van der Waals surface area contributed by atoms with Crippen LogP contribution in [-0.4, -0.2) is 43.5 Å². The van der Waals surface area contributed by atoms with E-state index in [1.54, 1.807) is 39.0 Å². The average molecular weight is 512 g/mol. The van der Waals surface area contributed by atoms with E-state index in [1.165, 1.54) is 7.11 Å². The molecule has 7 heteroatoms. The number of rotatable bonds is 12. The van der Waals surface area contributed by atoms with Gasteiger partial charge in [0.2, 0.25) is 10.0 Å². The molecule has 2 rings (SSSR count). The molecule has 0 aliphatic heterocycles. The van der Waals surface area contributed by atoms with Crippen LogP contribution in [-0.2, 0) is 14.8 Å². The molecule has 1 aliphatic rings. The van der Waals surface area contributed by atoms with Crippen LogP contribution in [0.1, 0.15) is 42.9 Å². The van der Waals surface area contributed by atoms with Crippen LogP contribution < -0.4 is 4.74 Å². The minimum Gasteiger partial charge on any atom is -0.496 e. The second-order valence-electron chi connectivity index (χ2n) is 8.67. The highest BCUT2D eigenvalue weighted by molar-refractivity contribution is 7.89. The molecule has 36 heavy (non-hydrogen) atoms. The van der Waals surface area contributed by atoms with Crippen molar-refractivity contribution in [2.24, 2.45) is 0 Å². The van der Waals surface area contributed by atoms with E-state index in [-0.39, 0.29) is 17.9 Å². The lowest BCUT2D eigenvalue weighted by Gasteiger charge is -2.30. The van der Waals surface area contributed by atoms with Crippen molar-refractivity contribution in [1.29, 1.82) is 0 Å². The van der Waals surface area contributed by atoms with Gasteiger partial charge in [-0.25, -0.2) is 8.42 Å². The standard InChI is InChI=1S/C29H37NO5S/c1-7-9-15-25(14-8-2)20-30(26(29(31)32)19-24-16-12-10-11-13-17-24)36(33,34)28-21(3)18-27(35-6)22(4)23(28)5/h8-12,14-18,26H,2,7,13,19-20H2,1,3-6H3,(H,31,32)/b15-9-,25-14+/t26-/m0/s1. The lowest BCUT2D eigenvalue weighted by molar-refractivity contribution is -0.141. The van der Waals surface area contributed by atoms with Crippen LogP contribution in [0.2, 0.25) is 0 Å². The van der Waals surface area contributed by atoms with Crippen LogP contribution in [0.3, 0.4) is 0 Å². The molecular weight excluding hydrogens is 474 g/mol. The zero-order chi connectivity index (χ0) is 26.9. The molecule has 0 fully saturated rings. The lowest BCUT2D eigenvalue weighted by Crippen LogP contribution is -2.46. The van der Waals surface area contributed by atoms with E-state index in [0.717, 1.165) is 16.3 Å². The predicted molar refractivity (Wildman–Crippen MR) is 146 cm³/mol. The highest BCUT2D eigenvalue weighted by atomic mass is 32.2. The van der Waals surface area contributed by atoms with Gasteiger partial charge in [-0.05, 0) is 73.9 Å². The summed E-state index contributed by atoms with van der Waals surface area (Å²) in [7, 11) is -2.69. The SMILES string of the molecule is C=C/C=C(\C=C/CC)CN([C@@H](CC1=CCC=CC=C1)C(=O)O)S(=O)(=O)c1c(C)cc(OC)c(C)c1C. The molecule has 0 saturated heterocycles. The van der Waals surface area contributed by atoms with Crippen molar-refractivity contribution in [3.63, 3.8) is 0 Å². The van der Waals surface area contributed by atoms with E-state index in [1.807, 2.05) is 49.5 Å². The second-order valence-corrected chi connectivity index (χ2v) is 10.5. The van der Waals surface area contributed by atoms with Gasteiger partial charge in [-0.15, -0.1) is 0 Å². The Kier molecular flexibility index (Phi) is 10.7. The molecule has 0 spiro atoms. The van der Waals surface area contributed by atoms with E-state index in [9.17, 15) is 18.3 Å². The van der Waals surface area contributed by atoms with Gasteiger partial charge in [-0.3, -0.25) is 4.79 Å². The number of allylic oxidation sites excluding steroid dienone is 8. The molecule has 0 aromatic heterocycles. The van der Waals surface area contributed by atoms with Crippen LogP contribution >= 0.6 is 0 Å². The zero-order valence-corrected chi connectivity index (χ0v) is 22.6. The quantitative estimate of drug-likeness (QED) is 0.349. The summed E-state index contributed by atoms with van der Waals surface area (Å²) in [5.74, 6) is -0.618. The van der Waals surface area contributed by atoms with E-state index in [2.05, 4.69) is 6.58 Å². The van der Waals surface area contributed by atoms with Crippen molar-refractivity contribution in [2.45, 2.75) is 57.9 Å². The fourth-order valence-electron chi connectivity index (χ4n) is 4.18. The van der Waals surface area contributed by atoms with Gasteiger partial charge in [0.05, 0.1) is 12.0 Å². The summed E-state index contributed by atoms with van der Waals surface area (Å²) in [6.07, 6.45) is 17.9. The number of hydrogen-bond acceptors (Lipinski definition) is 4. The summed E-state index contributed by atoms with van der Waals surface area (Å²) in [5.41, 5.74) is 3.15. The Morgan fingerprint density at radius 3 is 2.58 bits per heavy atom. The fraction of sp³-hybridized carbons (Fsp3) is 0.345. The Morgan fingerprint density at radius 2 is 1.97 bits per heavy atom. The summed E-state index contributed by atoms with van der Waals surface area (Å²) < 4.78 is 35.1. The number of methoxy groups -OCH3 is 1. The molecular formula is C29H37NO5S. The Balaban J connectivity index is 2.74. The Hall–Kier alpha value is -3.16. The first-order valence-electron chi connectivity index (χ1n) is 12.0. The largest absolute Gasteiger partial charge is 0.496 e. The van der Waals surface area contributed by atoms with Gasteiger partial charge in [0.1, 0.15) is 11.8 Å².